The highest BCUT2D eigenvalue weighted by atomic mass is 16.8. The monoisotopic (exact) mass is 1120 g/mol. The normalized spacial score (nSPS) is 51.4. The number of hydrogen-bond donors (Lipinski definition) is 16. The Morgan fingerprint density at radius 1 is 0.590 bits per heavy atom. The van der Waals surface area contributed by atoms with Crippen LogP contribution >= 0.6 is 0 Å². The van der Waals surface area contributed by atoms with Crippen molar-refractivity contribution in [2.45, 2.75) is 253 Å². The van der Waals surface area contributed by atoms with E-state index in [1.54, 1.807) is 13.8 Å². The first-order chi connectivity index (χ1) is 36.4. The Kier molecular flexibility index (Phi) is 19.1. The molecule has 0 amide bonds. The minimum absolute atomic E-state index is 0.0338. The zero-order valence-electron chi connectivity index (χ0n) is 46.1. The van der Waals surface area contributed by atoms with Gasteiger partial charge >= 0.3 is 0 Å². The predicted octanol–water partition coefficient (Wildman–Crippen LogP) is -3.23. The molecule has 8 rings (SSSR count). The Morgan fingerprint density at radius 2 is 1.09 bits per heavy atom. The summed E-state index contributed by atoms with van der Waals surface area (Å²) < 4.78 is 47.5. The van der Waals surface area contributed by atoms with E-state index < -0.39 is 184 Å². The second-order valence-electron chi connectivity index (χ2n) is 25.9. The summed E-state index contributed by atoms with van der Waals surface area (Å²) in [5.41, 5.74) is -2.12. The summed E-state index contributed by atoms with van der Waals surface area (Å²) in [5, 5.41) is 172. The number of allylic oxidation sites excluding steroid dienone is 1. The molecule has 78 heavy (non-hydrogen) atoms. The molecule has 8 aliphatic rings. The van der Waals surface area contributed by atoms with Gasteiger partial charge in [-0.15, -0.1) is 0 Å². The van der Waals surface area contributed by atoms with Gasteiger partial charge in [-0.1, -0.05) is 53.2 Å². The molecule has 7 fully saturated rings. The third-order valence-electron chi connectivity index (χ3n) is 20.8. The highest BCUT2D eigenvalue weighted by molar-refractivity contribution is 5.32. The van der Waals surface area contributed by atoms with Crippen molar-refractivity contribution >= 4 is 0 Å². The SMILES string of the molecule is C[C@@H](CC[C@H](O[C@H]1O[C@H](CO)[C@@H](O)[C@@H](O)[C@H]1O[C@H]1O[C@H](CO)[C@@H](O)[C@@H](O)[C@H]1O)C(C)(C)O)[C@H]1CC[C@@]2(C)[C@@H]3CC=C4[C@H](CC[C@@H](O[C@H]5O[C@H](CO[C@H]6O[C@H](CO)[C@@H](O)[C@@H](O)[C@H]6O)[C@@H](O)[C@@H](O)[C@H]5O)C4(C)C)[C@@]3(C)[C@H](O)C[C@@]12C. The summed E-state index contributed by atoms with van der Waals surface area (Å²) in [7, 11) is 0. The number of fused-ring (bicyclic) bond motifs is 5. The second-order valence-corrected chi connectivity index (χ2v) is 25.9. The van der Waals surface area contributed by atoms with Crippen molar-refractivity contribution in [1.29, 1.82) is 0 Å². The van der Waals surface area contributed by atoms with Gasteiger partial charge in [-0.3, -0.25) is 0 Å². The maximum Gasteiger partial charge on any atom is 0.187 e. The van der Waals surface area contributed by atoms with Gasteiger partial charge in [0.05, 0.1) is 50.3 Å². The third-order valence-corrected chi connectivity index (χ3v) is 20.8. The molecule has 0 aromatic carbocycles. The van der Waals surface area contributed by atoms with Gasteiger partial charge in [-0.2, -0.15) is 0 Å². The van der Waals surface area contributed by atoms with Crippen molar-refractivity contribution in [2.75, 3.05) is 26.4 Å². The van der Waals surface area contributed by atoms with Crippen molar-refractivity contribution in [3.63, 3.8) is 0 Å². The summed E-state index contributed by atoms with van der Waals surface area (Å²) in [4.78, 5) is 0. The topological polar surface area (TPSA) is 398 Å². The zero-order chi connectivity index (χ0) is 57.5. The Morgan fingerprint density at radius 3 is 1.65 bits per heavy atom. The minimum Gasteiger partial charge on any atom is -0.394 e. The third kappa shape index (κ3) is 11.0. The molecule has 4 aliphatic heterocycles. The minimum atomic E-state index is -1.85. The van der Waals surface area contributed by atoms with Crippen LogP contribution in [0.25, 0.3) is 0 Å². The lowest BCUT2D eigenvalue weighted by Crippen LogP contribution is -2.65. The van der Waals surface area contributed by atoms with Crippen molar-refractivity contribution in [3.05, 3.63) is 11.6 Å². The van der Waals surface area contributed by atoms with E-state index in [0.29, 0.717) is 32.1 Å². The molecular formula is C54H92O24. The first-order valence-corrected chi connectivity index (χ1v) is 28.0. The Bertz CT molecular complexity index is 2030. The van der Waals surface area contributed by atoms with Gasteiger partial charge in [0.2, 0.25) is 0 Å². The van der Waals surface area contributed by atoms with E-state index in [4.69, 9.17) is 37.9 Å². The van der Waals surface area contributed by atoms with Crippen molar-refractivity contribution in [3.8, 4) is 0 Å². The molecule has 0 aromatic rings. The summed E-state index contributed by atoms with van der Waals surface area (Å²) in [6.45, 7) is 13.6. The van der Waals surface area contributed by atoms with Gasteiger partial charge in [0.25, 0.3) is 0 Å². The standard InChI is InChI=1S/C54H92O24/c1-22(9-13-33(51(4,5)70)77-49-45(41(66)36(61)28(20-57)74-49)78-48-44(69)39(64)35(60)27(19-56)73-48)23-15-16-52(6)30-12-10-24-25(54(30,8)31(58)17-53(23,52)7)11-14-32(50(24,2)3)76-47-43(68)40(65)37(62)29(75-47)21-71-46-42(67)38(63)34(59)26(18-55)72-46/h10,22-23,25-49,55-70H,9,11-21H2,1-8H3/t22-,23+,25-,26+,27+,28+,29+,30-,31+,32+,33-,34+,35+,36+,37+,38+,39+,40+,41+,42+,43+,44+,45+,46-,47+,48+,49+,52-,53-,54+/m0/s1. The molecular weight excluding hydrogens is 1030 g/mol. The van der Waals surface area contributed by atoms with Gasteiger partial charge in [-0.25, -0.2) is 0 Å². The summed E-state index contributed by atoms with van der Waals surface area (Å²) in [6.07, 6.45) is -26.9. The van der Waals surface area contributed by atoms with E-state index in [1.807, 2.05) is 0 Å². The van der Waals surface area contributed by atoms with Gasteiger partial charge in [0.15, 0.2) is 25.2 Å². The van der Waals surface area contributed by atoms with Crippen LogP contribution < -0.4 is 0 Å². The molecule has 0 bridgehead atoms. The number of hydrogen-bond acceptors (Lipinski definition) is 24. The van der Waals surface area contributed by atoms with Crippen molar-refractivity contribution < 1.29 is 120 Å². The van der Waals surface area contributed by atoms with Gasteiger partial charge in [0.1, 0.15) is 97.7 Å². The molecule has 452 valence electrons. The maximum absolute atomic E-state index is 12.7. The van der Waals surface area contributed by atoms with Crippen LogP contribution in [-0.2, 0) is 37.9 Å². The van der Waals surface area contributed by atoms with Crippen LogP contribution in [0.5, 0.6) is 0 Å². The molecule has 4 aliphatic carbocycles. The van der Waals surface area contributed by atoms with Gasteiger partial charge in [-0.05, 0) is 99.7 Å². The van der Waals surface area contributed by atoms with E-state index in [-0.39, 0.29) is 40.9 Å². The molecule has 4 saturated heterocycles. The largest absolute Gasteiger partial charge is 0.394 e. The summed E-state index contributed by atoms with van der Waals surface area (Å²) >= 11 is 0. The van der Waals surface area contributed by atoms with Crippen LogP contribution in [0.15, 0.2) is 11.6 Å². The smallest absolute Gasteiger partial charge is 0.187 e. The molecule has 30 atom stereocenters. The molecule has 24 nitrogen and oxygen atoms in total. The van der Waals surface area contributed by atoms with E-state index in [9.17, 15) is 81.7 Å². The molecule has 24 heteroatoms. The lowest BCUT2D eigenvalue weighted by atomic mass is 9.38. The van der Waals surface area contributed by atoms with Crippen molar-refractivity contribution in [2.24, 2.45) is 45.3 Å². The molecule has 0 unspecified atom stereocenters. The van der Waals surface area contributed by atoms with Gasteiger partial charge < -0.3 is 120 Å². The molecule has 0 spiro atoms. The fourth-order valence-electron chi connectivity index (χ4n) is 15.6. The first-order valence-electron chi connectivity index (χ1n) is 28.0. The van der Waals surface area contributed by atoms with E-state index in [2.05, 4.69) is 47.6 Å². The molecule has 0 aromatic heterocycles. The number of aliphatic hydroxyl groups is 16. The lowest BCUT2D eigenvalue weighted by Gasteiger charge is -2.67. The number of aliphatic hydroxyl groups excluding tert-OH is 15. The van der Waals surface area contributed by atoms with Crippen LogP contribution in [0, 0.1) is 45.3 Å². The van der Waals surface area contributed by atoms with Crippen LogP contribution in [0.2, 0.25) is 0 Å². The Balaban J connectivity index is 0.940. The molecule has 3 saturated carbocycles. The van der Waals surface area contributed by atoms with E-state index in [0.717, 1.165) is 18.4 Å². The predicted molar refractivity (Wildman–Crippen MR) is 268 cm³/mol. The summed E-state index contributed by atoms with van der Waals surface area (Å²) in [6, 6.07) is 0. The van der Waals surface area contributed by atoms with Crippen LogP contribution in [0.3, 0.4) is 0 Å². The number of ether oxygens (including phenoxy) is 8. The Hall–Kier alpha value is -1.22. The van der Waals surface area contributed by atoms with Crippen LogP contribution in [0.1, 0.15) is 107 Å². The van der Waals surface area contributed by atoms with Gasteiger partial charge in [0, 0.05) is 10.8 Å². The van der Waals surface area contributed by atoms with Crippen LogP contribution in [0.4, 0.5) is 0 Å². The Labute approximate surface area is 455 Å². The number of rotatable bonds is 17. The molecule has 16 N–H and O–H groups in total. The molecule has 4 heterocycles. The highest BCUT2D eigenvalue weighted by Crippen LogP contribution is 2.75. The molecule has 0 radical (unpaired) electrons. The summed E-state index contributed by atoms with van der Waals surface area (Å²) in [5.74, 6) is 0.236. The van der Waals surface area contributed by atoms with Crippen molar-refractivity contribution in [1.82, 2.24) is 0 Å². The van der Waals surface area contributed by atoms with E-state index >= 15 is 0 Å². The second kappa shape index (κ2) is 23.7. The van der Waals surface area contributed by atoms with E-state index in [1.165, 1.54) is 0 Å². The average molecular weight is 1130 g/mol. The zero-order valence-corrected chi connectivity index (χ0v) is 46.1. The first kappa shape index (κ1) is 62.8. The fraction of sp³-hybridized carbons (Fsp3) is 0.963. The maximum atomic E-state index is 12.7. The quantitative estimate of drug-likeness (QED) is 0.0637. The lowest BCUT2D eigenvalue weighted by molar-refractivity contribution is -0.375. The van der Waals surface area contributed by atoms with Crippen LogP contribution in [-0.4, -0.2) is 255 Å². The average Bonchev–Trinajstić information content (AvgIpc) is 2.93. The fourth-order valence-corrected chi connectivity index (χ4v) is 15.6. The highest BCUT2D eigenvalue weighted by Gasteiger charge is 2.70.